The molecule has 7 nitrogen and oxygen atoms in total. The van der Waals surface area contributed by atoms with E-state index < -0.39 is 16.8 Å². The summed E-state index contributed by atoms with van der Waals surface area (Å²) < 4.78 is 5.57. The van der Waals surface area contributed by atoms with E-state index >= 15 is 0 Å². The van der Waals surface area contributed by atoms with Crippen LogP contribution < -0.4 is 5.32 Å². The standard InChI is InChI=1S/C24H21ClN2O5/c1-14-21(24(29)32-13-15-6-3-2-4-7-15)22(23-19(26-14)8-5-9-20(23)28)17-12-16(27(30)31)10-11-18(17)25/h2-4,6-7,10-12,22,26H,5,8-9,13H2,1H3/t22-/m1/s1. The van der Waals surface area contributed by atoms with Gasteiger partial charge in [-0.3, -0.25) is 14.9 Å². The molecule has 0 saturated carbocycles. The van der Waals surface area contributed by atoms with Gasteiger partial charge in [-0.2, -0.15) is 0 Å². The number of nitro groups is 1. The van der Waals surface area contributed by atoms with Crippen LogP contribution in [0, 0.1) is 10.1 Å². The van der Waals surface area contributed by atoms with Gasteiger partial charge >= 0.3 is 5.97 Å². The summed E-state index contributed by atoms with van der Waals surface area (Å²) in [6, 6.07) is 13.3. The van der Waals surface area contributed by atoms with Crippen LogP contribution in [0.4, 0.5) is 5.69 Å². The normalized spacial score (nSPS) is 18.2. The van der Waals surface area contributed by atoms with Crippen LogP contribution in [0.3, 0.4) is 0 Å². The maximum atomic E-state index is 13.2. The third-order valence-electron chi connectivity index (χ3n) is 5.71. The number of ether oxygens (including phenoxy) is 1. The van der Waals surface area contributed by atoms with Crippen LogP contribution in [0.25, 0.3) is 0 Å². The molecule has 32 heavy (non-hydrogen) atoms. The van der Waals surface area contributed by atoms with Gasteiger partial charge in [-0.05, 0) is 37.0 Å². The van der Waals surface area contributed by atoms with Crippen molar-refractivity contribution in [2.75, 3.05) is 0 Å². The topological polar surface area (TPSA) is 98.5 Å². The average molecular weight is 453 g/mol. The number of hydrogen-bond donors (Lipinski definition) is 1. The van der Waals surface area contributed by atoms with E-state index in [2.05, 4.69) is 5.32 Å². The number of esters is 1. The molecule has 0 saturated heterocycles. The molecule has 4 rings (SSSR count). The first-order valence-corrected chi connectivity index (χ1v) is 10.6. The summed E-state index contributed by atoms with van der Waals surface area (Å²) in [5.41, 5.74) is 2.93. The minimum absolute atomic E-state index is 0.0612. The summed E-state index contributed by atoms with van der Waals surface area (Å²) in [7, 11) is 0. The number of benzene rings is 2. The van der Waals surface area contributed by atoms with E-state index in [4.69, 9.17) is 16.3 Å². The predicted molar refractivity (Wildman–Crippen MR) is 119 cm³/mol. The Morgan fingerprint density at radius 1 is 1.22 bits per heavy atom. The van der Waals surface area contributed by atoms with Gasteiger partial charge in [-0.25, -0.2) is 4.79 Å². The quantitative estimate of drug-likeness (QED) is 0.391. The van der Waals surface area contributed by atoms with Gasteiger partial charge in [0, 0.05) is 46.5 Å². The van der Waals surface area contributed by atoms with Crippen LogP contribution in [-0.2, 0) is 20.9 Å². The van der Waals surface area contributed by atoms with Gasteiger partial charge in [0.25, 0.3) is 5.69 Å². The molecule has 164 valence electrons. The molecule has 1 heterocycles. The molecule has 2 aromatic carbocycles. The lowest BCUT2D eigenvalue weighted by atomic mass is 9.75. The number of hydrogen-bond acceptors (Lipinski definition) is 6. The molecule has 0 bridgehead atoms. The largest absolute Gasteiger partial charge is 0.457 e. The summed E-state index contributed by atoms with van der Waals surface area (Å²) in [5, 5.41) is 14.8. The van der Waals surface area contributed by atoms with Crippen molar-refractivity contribution in [1.82, 2.24) is 5.32 Å². The van der Waals surface area contributed by atoms with Crippen molar-refractivity contribution in [3.8, 4) is 0 Å². The molecule has 0 fully saturated rings. The second kappa shape index (κ2) is 8.96. The maximum absolute atomic E-state index is 13.2. The number of Topliss-reactive ketones (excluding diaryl/α,β-unsaturated/α-hetero) is 1. The highest BCUT2D eigenvalue weighted by Gasteiger charge is 2.40. The summed E-state index contributed by atoms with van der Waals surface area (Å²) in [5.74, 6) is -1.54. The van der Waals surface area contributed by atoms with Gasteiger partial charge in [0.05, 0.1) is 10.5 Å². The van der Waals surface area contributed by atoms with Gasteiger partial charge in [-0.15, -0.1) is 0 Å². The lowest BCUT2D eigenvalue weighted by Crippen LogP contribution is -2.34. The van der Waals surface area contributed by atoms with E-state index in [1.54, 1.807) is 6.92 Å². The van der Waals surface area contributed by atoms with Crippen LogP contribution in [0.2, 0.25) is 5.02 Å². The molecule has 0 radical (unpaired) electrons. The van der Waals surface area contributed by atoms with Gasteiger partial charge in [0.2, 0.25) is 0 Å². The second-order valence-electron chi connectivity index (χ2n) is 7.79. The number of non-ortho nitro benzene ring substituents is 1. The third kappa shape index (κ3) is 4.16. The first kappa shape index (κ1) is 21.8. The Morgan fingerprint density at radius 3 is 2.69 bits per heavy atom. The number of carbonyl (C=O) groups excluding carboxylic acids is 2. The van der Waals surface area contributed by atoms with E-state index in [1.165, 1.54) is 18.2 Å². The zero-order chi connectivity index (χ0) is 22.8. The molecule has 2 aromatic rings. The minimum Gasteiger partial charge on any atom is -0.457 e. The highest BCUT2D eigenvalue weighted by Crippen LogP contribution is 2.45. The van der Waals surface area contributed by atoms with Gasteiger partial charge in [0.15, 0.2) is 5.78 Å². The molecule has 8 heteroatoms. The number of nitrogens with one attached hydrogen (secondary N) is 1. The van der Waals surface area contributed by atoms with Crippen molar-refractivity contribution in [2.45, 2.75) is 38.7 Å². The maximum Gasteiger partial charge on any atom is 0.337 e. The smallest absolute Gasteiger partial charge is 0.337 e. The summed E-state index contributed by atoms with van der Waals surface area (Å²) >= 11 is 6.45. The lowest BCUT2D eigenvalue weighted by molar-refractivity contribution is -0.384. The van der Waals surface area contributed by atoms with E-state index in [9.17, 15) is 19.7 Å². The number of halogens is 1. The van der Waals surface area contributed by atoms with Crippen molar-refractivity contribution in [2.24, 2.45) is 0 Å². The molecule has 0 amide bonds. The molecule has 1 atom stereocenters. The van der Waals surface area contributed by atoms with E-state index in [0.717, 1.165) is 11.3 Å². The van der Waals surface area contributed by atoms with Crippen LogP contribution in [0.15, 0.2) is 71.1 Å². The van der Waals surface area contributed by atoms with Crippen molar-refractivity contribution in [3.63, 3.8) is 0 Å². The Hall–Kier alpha value is -3.45. The summed E-state index contributed by atoms with van der Waals surface area (Å²) in [6.45, 7) is 1.80. The van der Waals surface area contributed by atoms with Gasteiger partial charge in [0.1, 0.15) is 6.61 Å². The van der Waals surface area contributed by atoms with E-state index in [1.807, 2.05) is 30.3 Å². The molecule has 0 aromatic heterocycles. The highest BCUT2D eigenvalue weighted by atomic mass is 35.5. The highest BCUT2D eigenvalue weighted by molar-refractivity contribution is 6.31. The lowest BCUT2D eigenvalue weighted by Gasteiger charge is -2.34. The van der Waals surface area contributed by atoms with Crippen LogP contribution >= 0.6 is 11.6 Å². The average Bonchev–Trinajstić information content (AvgIpc) is 2.77. The summed E-state index contributed by atoms with van der Waals surface area (Å²) in [4.78, 5) is 37.1. The molecule has 1 aliphatic heterocycles. The molecule has 0 spiro atoms. The molecule has 2 aliphatic rings. The van der Waals surface area contributed by atoms with Gasteiger partial charge in [-0.1, -0.05) is 41.9 Å². The monoisotopic (exact) mass is 452 g/mol. The number of dihydropyridines is 1. The number of nitro benzene ring substituents is 1. The number of carbonyl (C=O) groups is 2. The fourth-order valence-electron chi connectivity index (χ4n) is 4.23. The van der Waals surface area contributed by atoms with Crippen molar-refractivity contribution in [1.29, 1.82) is 0 Å². The minimum atomic E-state index is -0.838. The second-order valence-corrected chi connectivity index (χ2v) is 8.20. The zero-order valence-electron chi connectivity index (χ0n) is 17.4. The number of rotatable bonds is 5. The molecule has 1 N–H and O–H groups in total. The third-order valence-corrected chi connectivity index (χ3v) is 6.05. The molecule has 1 aliphatic carbocycles. The molecular weight excluding hydrogens is 432 g/mol. The van der Waals surface area contributed by atoms with Crippen molar-refractivity contribution in [3.05, 3.63) is 97.3 Å². The Balaban J connectivity index is 1.79. The van der Waals surface area contributed by atoms with E-state index in [-0.39, 0.29) is 28.7 Å². The van der Waals surface area contributed by atoms with Crippen LogP contribution in [0.1, 0.15) is 43.2 Å². The molecule has 0 unspecified atom stereocenters. The first-order valence-electron chi connectivity index (χ1n) is 10.3. The first-order chi connectivity index (χ1) is 15.4. The Morgan fingerprint density at radius 2 is 1.97 bits per heavy atom. The Bertz CT molecular complexity index is 1170. The van der Waals surface area contributed by atoms with Crippen LogP contribution in [0.5, 0.6) is 0 Å². The van der Waals surface area contributed by atoms with Crippen molar-refractivity contribution < 1.29 is 19.2 Å². The number of nitrogens with zero attached hydrogens (tertiary/aromatic N) is 1. The van der Waals surface area contributed by atoms with Gasteiger partial charge < -0.3 is 10.1 Å². The van der Waals surface area contributed by atoms with Crippen molar-refractivity contribution >= 4 is 29.0 Å². The number of ketones is 1. The fourth-order valence-corrected chi connectivity index (χ4v) is 4.46. The Labute approximate surface area is 189 Å². The predicted octanol–water partition coefficient (Wildman–Crippen LogP) is 4.96. The van der Waals surface area contributed by atoms with E-state index in [0.29, 0.717) is 36.1 Å². The number of allylic oxidation sites excluding steroid dienone is 3. The SMILES string of the molecule is CC1=C(C(=O)OCc2ccccc2)[C@@H](c2cc([N+](=O)[O-])ccc2Cl)C2=C(CCCC2=O)N1. The summed E-state index contributed by atoms with van der Waals surface area (Å²) in [6.07, 6.45) is 1.68. The molecular formula is C24H21ClN2O5. The fraction of sp³-hybridized carbons (Fsp3) is 0.250. The zero-order valence-corrected chi connectivity index (χ0v) is 18.1. The van der Waals surface area contributed by atoms with Crippen LogP contribution in [-0.4, -0.2) is 16.7 Å². The Kier molecular flexibility index (Phi) is 6.10.